The average Bonchev–Trinajstić information content (AvgIpc) is 2.73. The minimum atomic E-state index is -0.833. The maximum Gasteiger partial charge on any atom is 0.407 e. The summed E-state index contributed by atoms with van der Waals surface area (Å²) >= 11 is 0. The smallest absolute Gasteiger partial charge is 0.407 e. The summed E-state index contributed by atoms with van der Waals surface area (Å²) in [6.07, 6.45) is 5.89. The Morgan fingerprint density at radius 1 is 1.40 bits per heavy atom. The Balaban J connectivity index is 0.000000796. The Hall–Kier alpha value is -2.05. The van der Waals surface area contributed by atoms with Crippen LogP contribution in [0.2, 0.25) is 0 Å². The Morgan fingerprint density at radius 3 is 2.45 bits per heavy atom. The van der Waals surface area contributed by atoms with Gasteiger partial charge in [-0.15, -0.1) is 0 Å². The number of ether oxygens (including phenoxy) is 1. The summed E-state index contributed by atoms with van der Waals surface area (Å²) in [6, 6.07) is 0. The van der Waals surface area contributed by atoms with E-state index in [1.54, 1.807) is 12.5 Å². The van der Waals surface area contributed by atoms with Crippen molar-refractivity contribution in [3.05, 3.63) is 18.7 Å². The van der Waals surface area contributed by atoms with Crippen LogP contribution in [-0.4, -0.2) is 38.9 Å². The van der Waals surface area contributed by atoms with Gasteiger partial charge in [0.15, 0.2) is 0 Å². The fourth-order valence-electron chi connectivity index (χ4n) is 1.19. The van der Waals surface area contributed by atoms with Crippen LogP contribution in [0.15, 0.2) is 18.7 Å². The van der Waals surface area contributed by atoms with Crippen LogP contribution in [-0.2, 0) is 16.1 Å². The van der Waals surface area contributed by atoms with Crippen LogP contribution < -0.4 is 5.32 Å². The summed E-state index contributed by atoms with van der Waals surface area (Å²) in [5.41, 5.74) is -0.436. The number of hydrogen-bond acceptors (Lipinski definition) is 4. The van der Waals surface area contributed by atoms with Crippen molar-refractivity contribution in [1.82, 2.24) is 14.9 Å². The number of alkyl carbamates (subject to hydrolysis) is 1. The summed E-state index contributed by atoms with van der Waals surface area (Å²) in [5.74, 6) is -0.833. The van der Waals surface area contributed by atoms with Crippen molar-refractivity contribution in [3.8, 4) is 0 Å². The molecule has 0 saturated carbocycles. The first-order valence-corrected chi connectivity index (χ1v) is 6.33. The highest BCUT2D eigenvalue weighted by Crippen LogP contribution is 2.06. The molecule has 0 aliphatic heterocycles. The number of carbonyl (C=O) groups is 2. The van der Waals surface area contributed by atoms with E-state index in [4.69, 9.17) is 14.6 Å². The monoisotopic (exact) mass is 285 g/mol. The van der Waals surface area contributed by atoms with Gasteiger partial charge in [-0.05, 0) is 27.2 Å². The van der Waals surface area contributed by atoms with Crippen LogP contribution in [0, 0.1) is 0 Å². The second-order valence-corrected chi connectivity index (χ2v) is 5.10. The predicted molar refractivity (Wildman–Crippen MR) is 74.4 cm³/mol. The second-order valence-electron chi connectivity index (χ2n) is 5.10. The summed E-state index contributed by atoms with van der Waals surface area (Å²) in [5, 5.41) is 10.1. The highest BCUT2D eigenvalue weighted by atomic mass is 16.6. The predicted octanol–water partition coefficient (Wildman–Crippen LogP) is 1.89. The van der Waals surface area contributed by atoms with Crippen LogP contribution in [0.4, 0.5) is 4.79 Å². The van der Waals surface area contributed by atoms with Crippen LogP contribution in [0.3, 0.4) is 0 Å². The van der Waals surface area contributed by atoms with E-state index in [2.05, 4.69) is 10.3 Å². The molecule has 1 aromatic rings. The first kappa shape index (κ1) is 17.9. The van der Waals surface area contributed by atoms with Crippen molar-refractivity contribution in [1.29, 1.82) is 0 Å². The van der Waals surface area contributed by atoms with Gasteiger partial charge in [0.25, 0.3) is 5.97 Å². The second kappa shape index (κ2) is 8.95. The highest BCUT2D eigenvalue weighted by molar-refractivity contribution is 5.67. The zero-order valence-corrected chi connectivity index (χ0v) is 12.4. The van der Waals surface area contributed by atoms with Crippen molar-refractivity contribution in [2.24, 2.45) is 0 Å². The summed E-state index contributed by atoms with van der Waals surface area (Å²) in [6.45, 7) is 8.07. The van der Waals surface area contributed by atoms with Crippen LogP contribution >= 0.6 is 0 Å². The van der Waals surface area contributed by atoms with Gasteiger partial charge in [0.1, 0.15) is 5.60 Å². The summed E-state index contributed by atoms with van der Waals surface area (Å²) < 4.78 is 7.07. The number of carboxylic acid groups (broad SMARTS) is 1. The molecule has 1 rings (SSSR count). The highest BCUT2D eigenvalue weighted by Gasteiger charge is 2.15. The van der Waals surface area contributed by atoms with Crippen molar-refractivity contribution in [2.75, 3.05) is 6.54 Å². The fourth-order valence-corrected chi connectivity index (χ4v) is 1.19. The van der Waals surface area contributed by atoms with E-state index < -0.39 is 11.6 Å². The van der Waals surface area contributed by atoms with Gasteiger partial charge >= 0.3 is 6.09 Å². The number of aryl methyl sites for hydroxylation is 1. The number of rotatable bonds is 4. The van der Waals surface area contributed by atoms with E-state index in [9.17, 15) is 4.79 Å². The largest absolute Gasteiger partial charge is 0.481 e. The molecule has 0 aliphatic rings. The third-order valence-corrected chi connectivity index (χ3v) is 1.82. The quantitative estimate of drug-likeness (QED) is 0.824. The van der Waals surface area contributed by atoms with Gasteiger partial charge < -0.3 is 19.7 Å². The van der Waals surface area contributed by atoms with Crippen LogP contribution in [0.25, 0.3) is 0 Å². The van der Waals surface area contributed by atoms with Gasteiger partial charge in [0.05, 0.1) is 6.33 Å². The van der Waals surface area contributed by atoms with Crippen molar-refractivity contribution in [2.45, 2.75) is 46.3 Å². The van der Waals surface area contributed by atoms with Crippen LogP contribution in [0.5, 0.6) is 0 Å². The molecule has 0 aliphatic carbocycles. The molecule has 20 heavy (non-hydrogen) atoms. The number of aliphatic carboxylic acids is 1. The molecule has 0 aromatic carbocycles. The molecule has 1 amide bonds. The molecule has 0 saturated heterocycles. The van der Waals surface area contributed by atoms with Gasteiger partial charge in [-0.1, -0.05) is 0 Å². The first-order chi connectivity index (χ1) is 9.20. The number of hydrogen-bond donors (Lipinski definition) is 2. The van der Waals surface area contributed by atoms with E-state index >= 15 is 0 Å². The molecule has 0 bridgehead atoms. The molecule has 1 heterocycles. The Bertz CT molecular complexity index is 392. The van der Waals surface area contributed by atoms with Crippen molar-refractivity contribution >= 4 is 12.1 Å². The molecular weight excluding hydrogens is 262 g/mol. The third kappa shape index (κ3) is 12.4. The molecule has 7 heteroatoms. The van der Waals surface area contributed by atoms with Gasteiger partial charge in [0.2, 0.25) is 0 Å². The number of amides is 1. The number of nitrogens with one attached hydrogen (secondary N) is 1. The molecule has 114 valence electrons. The topological polar surface area (TPSA) is 93.5 Å². The molecular formula is C13H23N3O4. The lowest BCUT2D eigenvalue weighted by Gasteiger charge is -2.19. The third-order valence-electron chi connectivity index (χ3n) is 1.82. The molecule has 0 radical (unpaired) electrons. The van der Waals surface area contributed by atoms with Crippen molar-refractivity contribution < 1.29 is 19.4 Å². The molecule has 0 atom stereocenters. The average molecular weight is 285 g/mol. The maximum absolute atomic E-state index is 11.3. The van der Waals surface area contributed by atoms with Gasteiger partial charge in [0, 0.05) is 32.4 Å². The lowest BCUT2D eigenvalue weighted by Crippen LogP contribution is -2.33. The van der Waals surface area contributed by atoms with Gasteiger partial charge in [-0.2, -0.15) is 0 Å². The molecule has 1 aromatic heterocycles. The molecule has 0 spiro atoms. The fraction of sp³-hybridized carbons (Fsp3) is 0.615. The number of aromatic nitrogens is 2. The molecule has 2 N–H and O–H groups in total. The zero-order valence-electron chi connectivity index (χ0n) is 12.4. The Kier molecular flexibility index (Phi) is 8.03. The molecule has 0 unspecified atom stereocenters. The summed E-state index contributed by atoms with van der Waals surface area (Å²) in [7, 11) is 0. The number of carbonyl (C=O) groups excluding carboxylic acids is 1. The van der Waals surface area contributed by atoms with Crippen molar-refractivity contribution in [3.63, 3.8) is 0 Å². The number of carboxylic acids is 1. The Labute approximate surface area is 119 Å². The number of imidazole rings is 1. The standard InChI is InChI=1S/C11H19N3O2.C2H4O2/c1-11(2,3)16-10(15)13-5-4-7-14-8-6-12-9-14;1-2(3)4/h6,8-9H,4-5,7H2,1-3H3,(H,13,15);1H3,(H,3,4). The van der Waals surface area contributed by atoms with Gasteiger partial charge in [-0.3, -0.25) is 4.79 Å². The number of nitrogens with zero attached hydrogens (tertiary/aromatic N) is 2. The van der Waals surface area contributed by atoms with E-state index in [0.717, 1.165) is 19.9 Å². The van der Waals surface area contributed by atoms with E-state index in [1.165, 1.54) is 0 Å². The van der Waals surface area contributed by atoms with Crippen LogP contribution in [0.1, 0.15) is 34.1 Å². The minimum Gasteiger partial charge on any atom is -0.481 e. The first-order valence-electron chi connectivity index (χ1n) is 6.33. The summed E-state index contributed by atoms with van der Waals surface area (Å²) in [4.78, 5) is 24.2. The van der Waals surface area contributed by atoms with E-state index in [-0.39, 0.29) is 6.09 Å². The van der Waals surface area contributed by atoms with E-state index in [0.29, 0.717) is 6.54 Å². The zero-order chi connectivity index (χ0) is 15.6. The Morgan fingerprint density at radius 2 is 2.00 bits per heavy atom. The SMILES string of the molecule is CC(=O)O.CC(C)(C)OC(=O)NCCCn1ccnc1. The lowest BCUT2D eigenvalue weighted by molar-refractivity contribution is -0.134. The maximum atomic E-state index is 11.3. The normalized spacial score (nSPS) is 10.2. The molecule has 7 nitrogen and oxygen atoms in total. The lowest BCUT2D eigenvalue weighted by atomic mass is 10.2. The van der Waals surface area contributed by atoms with E-state index in [1.807, 2.05) is 31.5 Å². The van der Waals surface area contributed by atoms with Gasteiger partial charge in [-0.25, -0.2) is 9.78 Å². The molecule has 0 fully saturated rings. The minimum absolute atomic E-state index is 0.363.